The predicted octanol–water partition coefficient (Wildman–Crippen LogP) is 2.98. The smallest absolute Gasteiger partial charge is 0.160 e. The molecule has 0 aliphatic rings. The molecule has 0 radical (unpaired) electrons. The van der Waals surface area contributed by atoms with Crippen LogP contribution in [-0.2, 0) is 6.54 Å². The average Bonchev–Trinajstić information content (AvgIpc) is 2.98. The van der Waals surface area contributed by atoms with Gasteiger partial charge in [-0.3, -0.25) is 4.40 Å². The highest BCUT2D eigenvalue weighted by Crippen LogP contribution is 2.15. The maximum atomic E-state index is 5.45. The summed E-state index contributed by atoms with van der Waals surface area (Å²) < 4.78 is 7.46. The number of rotatable bonds is 6. The molecule has 0 amide bonds. The van der Waals surface area contributed by atoms with Crippen molar-refractivity contribution >= 4 is 5.65 Å². The van der Waals surface area contributed by atoms with E-state index in [9.17, 15) is 0 Å². The zero-order valence-electron chi connectivity index (χ0n) is 12.9. The van der Waals surface area contributed by atoms with E-state index < -0.39 is 0 Å². The minimum atomic E-state index is 0.115. The Morgan fingerprint density at radius 3 is 2.73 bits per heavy atom. The lowest BCUT2D eigenvalue weighted by atomic mass is 10.2. The minimum Gasteiger partial charge on any atom is -0.494 e. The van der Waals surface area contributed by atoms with E-state index in [1.54, 1.807) is 0 Å². The molecule has 1 unspecified atom stereocenters. The van der Waals surface area contributed by atoms with Gasteiger partial charge in [-0.15, -0.1) is 10.2 Å². The zero-order valence-corrected chi connectivity index (χ0v) is 12.9. The SMILES string of the molecule is CCOc1ccc(CNC(C)c2nnc3ccccn23)cc1. The van der Waals surface area contributed by atoms with E-state index in [1.807, 2.05) is 47.9 Å². The normalized spacial score (nSPS) is 12.5. The summed E-state index contributed by atoms with van der Waals surface area (Å²) in [6.45, 7) is 5.54. The second-order valence-electron chi connectivity index (χ2n) is 5.17. The Morgan fingerprint density at radius 2 is 1.95 bits per heavy atom. The largest absolute Gasteiger partial charge is 0.494 e. The number of ether oxygens (including phenoxy) is 1. The molecule has 1 atom stereocenters. The van der Waals surface area contributed by atoms with Crippen molar-refractivity contribution in [1.82, 2.24) is 19.9 Å². The molecule has 5 nitrogen and oxygen atoms in total. The van der Waals surface area contributed by atoms with E-state index in [4.69, 9.17) is 4.74 Å². The van der Waals surface area contributed by atoms with Crippen LogP contribution < -0.4 is 10.1 Å². The van der Waals surface area contributed by atoms with Crippen LogP contribution in [0.15, 0.2) is 48.7 Å². The highest BCUT2D eigenvalue weighted by Gasteiger charge is 2.12. The molecule has 3 aromatic rings. The fourth-order valence-electron chi connectivity index (χ4n) is 2.39. The fraction of sp³-hybridized carbons (Fsp3) is 0.294. The summed E-state index contributed by atoms with van der Waals surface area (Å²) >= 11 is 0. The van der Waals surface area contributed by atoms with E-state index in [1.165, 1.54) is 5.56 Å². The van der Waals surface area contributed by atoms with Crippen molar-refractivity contribution in [2.24, 2.45) is 0 Å². The van der Waals surface area contributed by atoms with Gasteiger partial charge in [-0.1, -0.05) is 18.2 Å². The van der Waals surface area contributed by atoms with Crippen LogP contribution in [0.2, 0.25) is 0 Å². The number of pyridine rings is 1. The Kier molecular flexibility index (Phi) is 4.34. The van der Waals surface area contributed by atoms with Gasteiger partial charge in [0, 0.05) is 12.7 Å². The van der Waals surface area contributed by atoms with Crippen LogP contribution >= 0.6 is 0 Å². The molecule has 0 fully saturated rings. The summed E-state index contributed by atoms with van der Waals surface area (Å²) in [4.78, 5) is 0. The lowest BCUT2D eigenvalue weighted by Crippen LogP contribution is -2.20. The highest BCUT2D eigenvalue weighted by atomic mass is 16.5. The van der Waals surface area contributed by atoms with Crippen LogP contribution in [0, 0.1) is 0 Å². The second-order valence-corrected chi connectivity index (χ2v) is 5.17. The maximum Gasteiger partial charge on any atom is 0.160 e. The summed E-state index contributed by atoms with van der Waals surface area (Å²) in [6, 6.07) is 14.2. The van der Waals surface area contributed by atoms with Gasteiger partial charge in [-0.25, -0.2) is 0 Å². The van der Waals surface area contributed by atoms with Gasteiger partial charge < -0.3 is 10.1 Å². The van der Waals surface area contributed by atoms with Crippen LogP contribution in [-0.4, -0.2) is 21.2 Å². The summed E-state index contributed by atoms with van der Waals surface area (Å²) in [7, 11) is 0. The van der Waals surface area contributed by atoms with E-state index in [-0.39, 0.29) is 6.04 Å². The molecule has 0 saturated carbocycles. The number of nitrogens with one attached hydrogen (secondary N) is 1. The molecule has 0 spiro atoms. The van der Waals surface area contributed by atoms with Crippen molar-refractivity contribution in [3.63, 3.8) is 0 Å². The Hall–Kier alpha value is -2.40. The van der Waals surface area contributed by atoms with Gasteiger partial charge >= 0.3 is 0 Å². The first-order valence-electron chi connectivity index (χ1n) is 7.52. The van der Waals surface area contributed by atoms with Crippen LogP contribution in [0.3, 0.4) is 0 Å². The first kappa shape index (κ1) is 14.5. The van der Waals surface area contributed by atoms with E-state index in [2.05, 4.69) is 34.6 Å². The van der Waals surface area contributed by atoms with Gasteiger partial charge in [0.15, 0.2) is 11.5 Å². The molecule has 2 heterocycles. The van der Waals surface area contributed by atoms with Gasteiger partial charge in [0.1, 0.15) is 5.75 Å². The van der Waals surface area contributed by atoms with Crippen molar-refractivity contribution in [2.45, 2.75) is 26.4 Å². The summed E-state index contributed by atoms with van der Waals surface area (Å²) in [6.07, 6.45) is 1.99. The maximum absolute atomic E-state index is 5.45. The molecule has 1 N–H and O–H groups in total. The zero-order chi connectivity index (χ0) is 15.4. The van der Waals surface area contributed by atoms with Crippen molar-refractivity contribution in [3.05, 3.63) is 60.0 Å². The Morgan fingerprint density at radius 1 is 1.14 bits per heavy atom. The van der Waals surface area contributed by atoms with Crippen LogP contribution in [0.5, 0.6) is 5.75 Å². The van der Waals surface area contributed by atoms with Gasteiger partial charge in [0.25, 0.3) is 0 Å². The fourth-order valence-corrected chi connectivity index (χ4v) is 2.39. The van der Waals surface area contributed by atoms with Crippen molar-refractivity contribution in [2.75, 3.05) is 6.61 Å². The third-order valence-corrected chi connectivity index (χ3v) is 3.57. The van der Waals surface area contributed by atoms with Crippen molar-refractivity contribution < 1.29 is 4.74 Å². The highest BCUT2D eigenvalue weighted by molar-refractivity contribution is 5.37. The average molecular weight is 296 g/mol. The van der Waals surface area contributed by atoms with Crippen LogP contribution in [0.4, 0.5) is 0 Å². The molecule has 22 heavy (non-hydrogen) atoms. The van der Waals surface area contributed by atoms with E-state index >= 15 is 0 Å². The van der Waals surface area contributed by atoms with E-state index in [0.717, 1.165) is 23.8 Å². The molecule has 0 aliphatic heterocycles. The van der Waals surface area contributed by atoms with E-state index in [0.29, 0.717) is 6.61 Å². The van der Waals surface area contributed by atoms with Crippen molar-refractivity contribution in [1.29, 1.82) is 0 Å². The Balaban J connectivity index is 1.65. The third kappa shape index (κ3) is 3.09. The number of hydrogen-bond acceptors (Lipinski definition) is 4. The minimum absolute atomic E-state index is 0.115. The number of nitrogens with zero attached hydrogens (tertiary/aromatic N) is 3. The molecule has 0 aliphatic carbocycles. The first-order chi connectivity index (χ1) is 10.8. The second kappa shape index (κ2) is 6.58. The standard InChI is InChI=1S/C17H20N4O/c1-3-22-15-9-7-14(8-10-15)12-18-13(2)17-20-19-16-6-4-5-11-21(16)17/h4-11,13,18H,3,12H2,1-2H3. The predicted molar refractivity (Wildman–Crippen MR) is 85.9 cm³/mol. The van der Waals surface area contributed by atoms with Gasteiger partial charge in [0.2, 0.25) is 0 Å². The lowest BCUT2D eigenvalue weighted by molar-refractivity contribution is 0.340. The molecular formula is C17H20N4O. The number of aromatic nitrogens is 3. The topological polar surface area (TPSA) is 51.5 Å². The van der Waals surface area contributed by atoms with Crippen LogP contribution in [0.25, 0.3) is 5.65 Å². The molecule has 5 heteroatoms. The number of hydrogen-bond donors (Lipinski definition) is 1. The monoisotopic (exact) mass is 296 g/mol. The van der Waals surface area contributed by atoms with Gasteiger partial charge in [-0.05, 0) is 43.7 Å². The summed E-state index contributed by atoms with van der Waals surface area (Å²) in [5.74, 6) is 1.82. The van der Waals surface area contributed by atoms with Gasteiger partial charge in [-0.2, -0.15) is 0 Å². The molecule has 114 valence electrons. The number of benzene rings is 1. The number of fused-ring (bicyclic) bond motifs is 1. The summed E-state index contributed by atoms with van der Waals surface area (Å²) in [5.41, 5.74) is 2.08. The molecule has 0 bridgehead atoms. The van der Waals surface area contributed by atoms with Crippen LogP contribution in [0.1, 0.15) is 31.3 Å². The first-order valence-corrected chi connectivity index (χ1v) is 7.52. The Labute approximate surface area is 130 Å². The van der Waals surface area contributed by atoms with Crippen molar-refractivity contribution in [3.8, 4) is 5.75 Å². The van der Waals surface area contributed by atoms with Gasteiger partial charge in [0.05, 0.1) is 12.6 Å². The summed E-state index contributed by atoms with van der Waals surface area (Å²) in [5, 5.41) is 11.9. The molecule has 3 rings (SSSR count). The third-order valence-electron chi connectivity index (χ3n) is 3.57. The Bertz CT molecular complexity index is 736. The lowest BCUT2D eigenvalue weighted by Gasteiger charge is -2.12. The molecule has 0 saturated heterocycles. The molecular weight excluding hydrogens is 276 g/mol. The molecule has 1 aromatic carbocycles. The quantitative estimate of drug-likeness (QED) is 0.760. The molecule has 2 aromatic heterocycles.